The Morgan fingerprint density at radius 1 is 1.29 bits per heavy atom. The van der Waals surface area contributed by atoms with Crippen LogP contribution in [0.5, 0.6) is 0 Å². The second-order valence-electron chi connectivity index (χ2n) is 3.91. The Kier molecular flexibility index (Phi) is 4.27. The lowest BCUT2D eigenvalue weighted by Crippen LogP contribution is -2.16. The van der Waals surface area contributed by atoms with Crippen molar-refractivity contribution in [3.63, 3.8) is 0 Å². The Morgan fingerprint density at radius 3 is 2.94 bits per heavy atom. The van der Waals surface area contributed by atoms with E-state index < -0.39 is 0 Å². The minimum absolute atomic E-state index is 0.147. The van der Waals surface area contributed by atoms with Crippen molar-refractivity contribution in [3.8, 4) is 0 Å². The zero-order valence-electron chi connectivity index (χ0n) is 9.62. The number of aryl methyl sites for hydroxylation is 1. The SMILES string of the molecule is Fc1ccccc1CNCCCc1ncc[nH]1. The number of hydrogen-bond acceptors (Lipinski definition) is 2. The Balaban J connectivity index is 1.65. The van der Waals surface area contributed by atoms with Gasteiger partial charge in [0.1, 0.15) is 11.6 Å². The molecule has 0 aliphatic carbocycles. The van der Waals surface area contributed by atoms with Gasteiger partial charge in [-0.25, -0.2) is 9.37 Å². The Labute approximate surface area is 100 Å². The fourth-order valence-electron chi connectivity index (χ4n) is 1.68. The average Bonchev–Trinajstić information content (AvgIpc) is 2.84. The summed E-state index contributed by atoms with van der Waals surface area (Å²) in [6.07, 6.45) is 5.48. The van der Waals surface area contributed by atoms with Gasteiger partial charge in [-0.1, -0.05) is 18.2 Å². The summed E-state index contributed by atoms with van der Waals surface area (Å²) in [6.45, 7) is 1.43. The minimum atomic E-state index is -0.147. The summed E-state index contributed by atoms with van der Waals surface area (Å²) in [4.78, 5) is 7.20. The third kappa shape index (κ3) is 3.67. The van der Waals surface area contributed by atoms with Gasteiger partial charge in [0, 0.05) is 30.9 Å². The lowest BCUT2D eigenvalue weighted by Gasteiger charge is -2.05. The molecule has 0 bridgehead atoms. The number of aromatic amines is 1. The van der Waals surface area contributed by atoms with Crippen LogP contribution in [0.3, 0.4) is 0 Å². The molecule has 1 heterocycles. The zero-order valence-corrected chi connectivity index (χ0v) is 9.62. The second-order valence-corrected chi connectivity index (χ2v) is 3.91. The Bertz CT molecular complexity index is 440. The molecule has 0 unspecified atom stereocenters. The van der Waals surface area contributed by atoms with Crippen LogP contribution in [0, 0.1) is 5.82 Å². The maximum Gasteiger partial charge on any atom is 0.127 e. The van der Waals surface area contributed by atoms with E-state index in [-0.39, 0.29) is 5.82 Å². The van der Waals surface area contributed by atoms with Crippen molar-refractivity contribution in [1.29, 1.82) is 0 Å². The monoisotopic (exact) mass is 233 g/mol. The molecule has 1 aromatic carbocycles. The molecule has 2 aromatic rings. The maximum absolute atomic E-state index is 13.3. The van der Waals surface area contributed by atoms with Crippen LogP contribution in [0.25, 0.3) is 0 Å². The van der Waals surface area contributed by atoms with E-state index in [2.05, 4.69) is 15.3 Å². The molecule has 0 aliphatic rings. The van der Waals surface area contributed by atoms with Gasteiger partial charge in [-0.05, 0) is 19.0 Å². The van der Waals surface area contributed by atoms with E-state index in [4.69, 9.17) is 0 Å². The van der Waals surface area contributed by atoms with E-state index in [1.54, 1.807) is 18.3 Å². The number of nitrogens with zero attached hydrogens (tertiary/aromatic N) is 1. The van der Waals surface area contributed by atoms with Crippen molar-refractivity contribution in [1.82, 2.24) is 15.3 Å². The van der Waals surface area contributed by atoms with Gasteiger partial charge in [0.2, 0.25) is 0 Å². The maximum atomic E-state index is 13.3. The number of benzene rings is 1. The third-order valence-corrected chi connectivity index (χ3v) is 2.60. The van der Waals surface area contributed by atoms with Gasteiger partial charge in [-0.15, -0.1) is 0 Å². The molecule has 0 spiro atoms. The molecule has 17 heavy (non-hydrogen) atoms. The first-order valence-corrected chi connectivity index (χ1v) is 5.78. The van der Waals surface area contributed by atoms with Crippen molar-refractivity contribution in [2.75, 3.05) is 6.54 Å². The second kappa shape index (κ2) is 6.15. The summed E-state index contributed by atoms with van der Waals surface area (Å²) in [5.41, 5.74) is 0.713. The molecule has 0 radical (unpaired) electrons. The molecular formula is C13H16FN3. The first-order valence-electron chi connectivity index (χ1n) is 5.78. The van der Waals surface area contributed by atoms with Crippen molar-refractivity contribution in [2.24, 2.45) is 0 Å². The molecule has 2 N–H and O–H groups in total. The molecule has 4 heteroatoms. The summed E-state index contributed by atoms with van der Waals surface area (Å²) in [5.74, 6) is 0.851. The zero-order chi connectivity index (χ0) is 11.9. The van der Waals surface area contributed by atoms with Crippen molar-refractivity contribution < 1.29 is 4.39 Å². The van der Waals surface area contributed by atoms with Gasteiger partial charge >= 0.3 is 0 Å². The third-order valence-electron chi connectivity index (χ3n) is 2.60. The number of aromatic nitrogens is 2. The predicted octanol–water partition coefficient (Wildman–Crippen LogP) is 2.27. The van der Waals surface area contributed by atoms with Gasteiger partial charge in [-0.2, -0.15) is 0 Å². The van der Waals surface area contributed by atoms with Gasteiger partial charge < -0.3 is 10.3 Å². The summed E-state index contributed by atoms with van der Waals surface area (Å²) < 4.78 is 13.3. The molecule has 0 saturated carbocycles. The predicted molar refractivity (Wildman–Crippen MR) is 65.0 cm³/mol. The summed E-state index contributed by atoms with van der Waals surface area (Å²) >= 11 is 0. The molecule has 0 saturated heterocycles. The highest BCUT2D eigenvalue weighted by Gasteiger charge is 1.99. The molecule has 1 aromatic heterocycles. The fraction of sp³-hybridized carbons (Fsp3) is 0.308. The molecule has 3 nitrogen and oxygen atoms in total. The summed E-state index contributed by atoms with van der Waals surface area (Å²) in [6, 6.07) is 6.84. The van der Waals surface area contributed by atoms with Gasteiger partial charge in [0.15, 0.2) is 0 Å². The number of halogens is 1. The number of hydrogen-bond donors (Lipinski definition) is 2. The summed E-state index contributed by atoms with van der Waals surface area (Å²) in [5, 5.41) is 3.22. The molecule has 0 amide bonds. The molecule has 0 fully saturated rings. The summed E-state index contributed by atoms with van der Waals surface area (Å²) in [7, 11) is 0. The van der Waals surface area contributed by atoms with Crippen LogP contribution in [0.1, 0.15) is 17.8 Å². The van der Waals surface area contributed by atoms with Crippen LogP contribution in [-0.4, -0.2) is 16.5 Å². The average molecular weight is 233 g/mol. The normalized spacial score (nSPS) is 10.6. The number of rotatable bonds is 6. The van der Waals surface area contributed by atoms with Gasteiger partial charge in [0.25, 0.3) is 0 Å². The first-order chi connectivity index (χ1) is 8.36. The van der Waals surface area contributed by atoms with E-state index >= 15 is 0 Å². The molecule has 2 rings (SSSR count). The molecule has 0 atom stereocenters. The quantitative estimate of drug-likeness (QED) is 0.751. The van der Waals surface area contributed by atoms with Crippen LogP contribution < -0.4 is 5.32 Å². The number of imidazole rings is 1. The van der Waals surface area contributed by atoms with Crippen LogP contribution in [0.2, 0.25) is 0 Å². The van der Waals surface area contributed by atoms with Crippen LogP contribution in [0.15, 0.2) is 36.7 Å². The van der Waals surface area contributed by atoms with Crippen molar-refractivity contribution in [2.45, 2.75) is 19.4 Å². The van der Waals surface area contributed by atoms with Crippen LogP contribution >= 0.6 is 0 Å². The topological polar surface area (TPSA) is 40.7 Å². The Morgan fingerprint density at radius 2 is 2.18 bits per heavy atom. The van der Waals surface area contributed by atoms with E-state index in [9.17, 15) is 4.39 Å². The van der Waals surface area contributed by atoms with Crippen LogP contribution in [-0.2, 0) is 13.0 Å². The van der Waals surface area contributed by atoms with E-state index in [0.29, 0.717) is 12.1 Å². The Hall–Kier alpha value is -1.68. The lowest BCUT2D eigenvalue weighted by atomic mass is 10.2. The highest BCUT2D eigenvalue weighted by molar-refractivity contribution is 5.16. The molecular weight excluding hydrogens is 217 g/mol. The van der Waals surface area contributed by atoms with E-state index in [1.165, 1.54) is 6.07 Å². The number of H-pyrrole nitrogens is 1. The molecule has 0 aliphatic heterocycles. The standard InChI is InChI=1S/C13H16FN3/c14-12-5-2-1-4-11(12)10-15-7-3-6-13-16-8-9-17-13/h1-2,4-5,8-9,15H,3,6-7,10H2,(H,16,17). The van der Waals surface area contributed by atoms with Crippen molar-refractivity contribution in [3.05, 3.63) is 53.9 Å². The minimum Gasteiger partial charge on any atom is -0.349 e. The highest BCUT2D eigenvalue weighted by Crippen LogP contribution is 2.05. The highest BCUT2D eigenvalue weighted by atomic mass is 19.1. The first kappa shape index (κ1) is 11.8. The fourth-order valence-corrected chi connectivity index (χ4v) is 1.68. The van der Waals surface area contributed by atoms with Crippen LogP contribution in [0.4, 0.5) is 4.39 Å². The largest absolute Gasteiger partial charge is 0.349 e. The van der Waals surface area contributed by atoms with E-state index in [1.807, 2.05) is 12.3 Å². The number of nitrogens with one attached hydrogen (secondary N) is 2. The van der Waals surface area contributed by atoms with Gasteiger partial charge in [-0.3, -0.25) is 0 Å². The lowest BCUT2D eigenvalue weighted by molar-refractivity contribution is 0.580. The van der Waals surface area contributed by atoms with Gasteiger partial charge in [0.05, 0.1) is 0 Å². The smallest absolute Gasteiger partial charge is 0.127 e. The van der Waals surface area contributed by atoms with Crippen molar-refractivity contribution >= 4 is 0 Å². The molecule has 90 valence electrons. The van der Waals surface area contributed by atoms with E-state index in [0.717, 1.165) is 25.2 Å².